The molecular formula is C16H11Cl2NO3. The monoisotopic (exact) mass is 335 g/mol. The van der Waals surface area contributed by atoms with Gasteiger partial charge in [0.25, 0.3) is 11.8 Å². The minimum absolute atomic E-state index is 0.163. The molecule has 3 rings (SSSR count). The minimum atomic E-state index is -0.379. The van der Waals surface area contributed by atoms with Gasteiger partial charge in [-0.25, -0.2) is 0 Å². The molecule has 0 radical (unpaired) electrons. The Labute approximate surface area is 137 Å². The number of benzene rings is 2. The summed E-state index contributed by atoms with van der Waals surface area (Å²) in [7, 11) is 0. The van der Waals surface area contributed by atoms with Crippen molar-refractivity contribution >= 4 is 35.0 Å². The maximum atomic E-state index is 12.3. The molecule has 1 heterocycles. The molecule has 0 aliphatic carbocycles. The average Bonchev–Trinajstić information content (AvgIpc) is 2.74. The van der Waals surface area contributed by atoms with Gasteiger partial charge in [0.05, 0.1) is 27.7 Å². The smallest absolute Gasteiger partial charge is 0.261 e. The first-order valence-corrected chi connectivity index (χ1v) is 7.36. The van der Waals surface area contributed by atoms with Gasteiger partial charge in [-0.3, -0.25) is 14.5 Å². The van der Waals surface area contributed by atoms with Crippen molar-refractivity contribution in [2.75, 3.05) is 13.2 Å². The standard InChI is InChI=1S/C16H11Cl2NO3/c17-13-8-11-12(9-14(13)18)16(21)19(15(11)20)6-7-22-10-4-2-1-3-5-10/h1-5,8-9H,6-7H2. The van der Waals surface area contributed by atoms with Crippen LogP contribution in [0.15, 0.2) is 42.5 Å². The lowest BCUT2D eigenvalue weighted by molar-refractivity contribution is 0.0631. The van der Waals surface area contributed by atoms with Crippen LogP contribution in [0.1, 0.15) is 20.7 Å². The van der Waals surface area contributed by atoms with Gasteiger partial charge in [-0.05, 0) is 24.3 Å². The fourth-order valence-corrected chi connectivity index (χ4v) is 2.59. The zero-order chi connectivity index (χ0) is 15.7. The lowest BCUT2D eigenvalue weighted by atomic mass is 10.1. The van der Waals surface area contributed by atoms with Crippen LogP contribution in [0, 0.1) is 0 Å². The Morgan fingerprint density at radius 1 is 0.909 bits per heavy atom. The molecule has 0 atom stereocenters. The van der Waals surface area contributed by atoms with Gasteiger partial charge in [-0.2, -0.15) is 0 Å². The van der Waals surface area contributed by atoms with E-state index in [0.29, 0.717) is 5.75 Å². The molecule has 0 spiro atoms. The summed E-state index contributed by atoms with van der Waals surface area (Å²) in [5.41, 5.74) is 0.554. The Morgan fingerprint density at radius 3 is 2.00 bits per heavy atom. The highest BCUT2D eigenvalue weighted by Crippen LogP contribution is 2.31. The molecule has 1 aliphatic heterocycles. The number of nitrogens with zero attached hydrogens (tertiary/aromatic N) is 1. The SMILES string of the molecule is O=C1c2cc(Cl)c(Cl)cc2C(=O)N1CCOc1ccccc1. The molecule has 0 unspecified atom stereocenters. The number of hydrogen-bond donors (Lipinski definition) is 0. The van der Waals surface area contributed by atoms with E-state index in [0.717, 1.165) is 4.90 Å². The second-order valence-corrected chi connectivity index (χ2v) is 5.55. The van der Waals surface area contributed by atoms with Crippen LogP contribution in [0.5, 0.6) is 5.75 Å². The number of carbonyl (C=O) groups is 2. The largest absolute Gasteiger partial charge is 0.492 e. The number of amides is 2. The van der Waals surface area contributed by atoms with Crippen LogP contribution in [0.4, 0.5) is 0 Å². The maximum Gasteiger partial charge on any atom is 0.261 e. The third kappa shape index (κ3) is 2.67. The molecule has 0 N–H and O–H groups in total. The first-order chi connectivity index (χ1) is 10.6. The minimum Gasteiger partial charge on any atom is -0.492 e. The van der Waals surface area contributed by atoms with E-state index in [-0.39, 0.29) is 46.1 Å². The summed E-state index contributed by atoms with van der Waals surface area (Å²) in [6.45, 7) is 0.382. The summed E-state index contributed by atoms with van der Waals surface area (Å²) >= 11 is 11.8. The van der Waals surface area contributed by atoms with Crippen molar-refractivity contribution in [3.8, 4) is 5.75 Å². The summed E-state index contributed by atoms with van der Waals surface area (Å²) in [5, 5.41) is 0.507. The molecule has 6 heteroatoms. The lowest BCUT2D eigenvalue weighted by Gasteiger charge is -2.14. The average molecular weight is 336 g/mol. The number of rotatable bonds is 4. The number of imide groups is 1. The van der Waals surface area contributed by atoms with E-state index in [1.807, 2.05) is 30.3 Å². The highest BCUT2D eigenvalue weighted by atomic mass is 35.5. The maximum absolute atomic E-state index is 12.3. The van der Waals surface area contributed by atoms with Crippen molar-refractivity contribution in [3.63, 3.8) is 0 Å². The quantitative estimate of drug-likeness (QED) is 0.801. The predicted octanol–water partition coefficient (Wildman–Crippen LogP) is 3.67. The van der Waals surface area contributed by atoms with Gasteiger partial charge >= 0.3 is 0 Å². The van der Waals surface area contributed by atoms with E-state index in [4.69, 9.17) is 27.9 Å². The van der Waals surface area contributed by atoms with Crippen LogP contribution < -0.4 is 4.74 Å². The normalized spacial score (nSPS) is 13.5. The van der Waals surface area contributed by atoms with E-state index >= 15 is 0 Å². The fourth-order valence-electron chi connectivity index (χ4n) is 2.26. The van der Waals surface area contributed by atoms with Crippen LogP contribution in [0.25, 0.3) is 0 Å². The molecule has 0 bridgehead atoms. The molecule has 1 aliphatic rings. The molecule has 0 aromatic heterocycles. The summed E-state index contributed by atoms with van der Waals surface area (Å²) in [6, 6.07) is 12.0. The fraction of sp³-hybridized carbons (Fsp3) is 0.125. The van der Waals surface area contributed by atoms with E-state index in [1.54, 1.807) is 0 Å². The second kappa shape index (κ2) is 5.99. The van der Waals surface area contributed by atoms with Gasteiger partial charge in [-0.15, -0.1) is 0 Å². The van der Waals surface area contributed by atoms with Crippen molar-refractivity contribution in [1.29, 1.82) is 0 Å². The summed E-state index contributed by atoms with van der Waals surface area (Å²) in [4.78, 5) is 25.7. The van der Waals surface area contributed by atoms with Gasteiger partial charge in [0, 0.05) is 0 Å². The third-order valence-electron chi connectivity index (χ3n) is 3.34. The summed E-state index contributed by atoms with van der Waals surface area (Å²) in [6.07, 6.45) is 0. The molecule has 2 aromatic carbocycles. The van der Waals surface area contributed by atoms with E-state index in [2.05, 4.69) is 0 Å². The molecular weight excluding hydrogens is 325 g/mol. The van der Waals surface area contributed by atoms with Gasteiger partial charge in [0.15, 0.2) is 0 Å². The van der Waals surface area contributed by atoms with Crippen molar-refractivity contribution in [1.82, 2.24) is 4.90 Å². The first kappa shape index (κ1) is 14.9. The van der Waals surface area contributed by atoms with Gasteiger partial charge in [-0.1, -0.05) is 41.4 Å². The van der Waals surface area contributed by atoms with Crippen molar-refractivity contribution in [2.45, 2.75) is 0 Å². The predicted molar refractivity (Wildman–Crippen MR) is 83.8 cm³/mol. The van der Waals surface area contributed by atoms with Crippen LogP contribution in [-0.2, 0) is 0 Å². The second-order valence-electron chi connectivity index (χ2n) is 4.74. The third-order valence-corrected chi connectivity index (χ3v) is 4.06. The van der Waals surface area contributed by atoms with Crippen molar-refractivity contribution in [3.05, 3.63) is 63.6 Å². The highest BCUT2D eigenvalue weighted by molar-refractivity contribution is 6.43. The number of ether oxygens (including phenoxy) is 1. The molecule has 4 nitrogen and oxygen atoms in total. The number of fused-ring (bicyclic) bond motifs is 1. The van der Waals surface area contributed by atoms with Crippen LogP contribution in [-0.4, -0.2) is 29.9 Å². The van der Waals surface area contributed by atoms with Crippen molar-refractivity contribution < 1.29 is 14.3 Å². The Morgan fingerprint density at radius 2 is 1.45 bits per heavy atom. The van der Waals surface area contributed by atoms with Crippen molar-refractivity contribution in [2.24, 2.45) is 0 Å². The zero-order valence-corrected chi connectivity index (χ0v) is 12.9. The molecule has 112 valence electrons. The molecule has 0 fully saturated rings. The highest BCUT2D eigenvalue weighted by Gasteiger charge is 2.36. The number of halogens is 2. The Kier molecular flexibility index (Phi) is 4.05. The molecule has 2 amide bonds. The van der Waals surface area contributed by atoms with Gasteiger partial charge in [0.1, 0.15) is 12.4 Å². The Hall–Kier alpha value is -2.04. The topological polar surface area (TPSA) is 46.6 Å². The summed E-state index contributed by atoms with van der Waals surface area (Å²) < 4.78 is 5.51. The number of carbonyl (C=O) groups excluding carboxylic acids is 2. The number of para-hydroxylation sites is 1. The van der Waals surface area contributed by atoms with Crippen LogP contribution in [0.2, 0.25) is 10.0 Å². The van der Waals surface area contributed by atoms with Crippen LogP contribution in [0.3, 0.4) is 0 Å². The van der Waals surface area contributed by atoms with E-state index in [9.17, 15) is 9.59 Å². The van der Waals surface area contributed by atoms with E-state index < -0.39 is 0 Å². The Balaban J connectivity index is 1.71. The molecule has 2 aromatic rings. The summed E-state index contributed by atoms with van der Waals surface area (Å²) in [5.74, 6) is -0.0735. The van der Waals surface area contributed by atoms with Crippen LogP contribution >= 0.6 is 23.2 Å². The molecule has 0 saturated carbocycles. The molecule has 0 saturated heterocycles. The zero-order valence-electron chi connectivity index (χ0n) is 11.4. The first-order valence-electron chi connectivity index (χ1n) is 6.61. The molecule has 22 heavy (non-hydrogen) atoms. The van der Waals surface area contributed by atoms with E-state index in [1.165, 1.54) is 12.1 Å². The number of hydrogen-bond acceptors (Lipinski definition) is 3. The van der Waals surface area contributed by atoms with Gasteiger partial charge in [0.2, 0.25) is 0 Å². The lowest BCUT2D eigenvalue weighted by Crippen LogP contribution is -2.33. The Bertz CT molecular complexity index is 706. The van der Waals surface area contributed by atoms with Gasteiger partial charge < -0.3 is 4.74 Å².